The van der Waals surface area contributed by atoms with Gasteiger partial charge in [0.2, 0.25) is 0 Å². The lowest BCUT2D eigenvalue weighted by Gasteiger charge is -2.24. The van der Waals surface area contributed by atoms with Gasteiger partial charge in [0.15, 0.2) is 5.78 Å². The standard InChI is InChI=1S/C22H22O5/c1-2-25-17-7-9-21-15(12-17)10-16(13-26-21)22(24)27-18-6-8-19-14(11-18)4-3-5-20(19)23/h6-9,11-12,16H,2-5,10,13H2,1H3. The minimum atomic E-state index is -0.368. The summed E-state index contributed by atoms with van der Waals surface area (Å²) in [7, 11) is 0. The number of hydrogen-bond acceptors (Lipinski definition) is 5. The highest BCUT2D eigenvalue weighted by atomic mass is 16.5. The number of esters is 1. The Kier molecular flexibility index (Phi) is 4.84. The maximum absolute atomic E-state index is 12.6. The van der Waals surface area contributed by atoms with Crippen LogP contribution in [0, 0.1) is 5.92 Å². The van der Waals surface area contributed by atoms with Gasteiger partial charge in [0.05, 0.1) is 12.5 Å². The van der Waals surface area contributed by atoms with E-state index in [1.807, 2.05) is 31.2 Å². The molecule has 0 saturated carbocycles. The molecular formula is C22H22O5. The molecule has 2 aliphatic rings. The van der Waals surface area contributed by atoms with Crippen LogP contribution < -0.4 is 14.2 Å². The van der Waals surface area contributed by atoms with Gasteiger partial charge in [-0.15, -0.1) is 0 Å². The highest BCUT2D eigenvalue weighted by Crippen LogP contribution is 2.32. The van der Waals surface area contributed by atoms with Crippen LogP contribution in [0.1, 0.15) is 41.3 Å². The average Bonchev–Trinajstić information content (AvgIpc) is 2.68. The third-order valence-electron chi connectivity index (χ3n) is 5.03. The molecule has 1 unspecified atom stereocenters. The zero-order valence-corrected chi connectivity index (χ0v) is 15.3. The van der Waals surface area contributed by atoms with Gasteiger partial charge in [-0.05, 0) is 73.7 Å². The number of carbonyl (C=O) groups is 2. The minimum Gasteiger partial charge on any atom is -0.494 e. The number of Topliss-reactive ketones (excluding diaryl/α,β-unsaturated/α-hetero) is 1. The fourth-order valence-corrected chi connectivity index (χ4v) is 3.66. The first-order valence-corrected chi connectivity index (χ1v) is 9.40. The molecule has 1 heterocycles. The van der Waals surface area contributed by atoms with E-state index < -0.39 is 0 Å². The fraction of sp³-hybridized carbons (Fsp3) is 0.364. The highest BCUT2D eigenvalue weighted by molar-refractivity contribution is 5.98. The monoisotopic (exact) mass is 366 g/mol. The molecule has 0 aromatic heterocycles. The lowest BCUT2D eigenvalue weighted by Crippen LogP contribution is -2.31. The van der Waals surface area contributed by atoms with E-state index in [-0.39, 0.29) is 17.7 Å². The van der Waals surface area contributed by atoms with E-state index in [4.69, 9.17) is 14.2 Å². The first-order chi connectivity index (χ1) is 13.1. The molecule has 0 saturated heterocycles. The molecule has 0 spiro atoms. The van der Waals surface area contributed by atoms with E-state index in [0.29, 0.717) is 31.8 Å². The Morgan fingerprint density at radius 3 is 2.78 bits per heavy atom. The number of ether oxygens (including phenoxy) is 3. The second-order valence-corrected chi connectivity index (χ2v) is 6.93. The Balaban J connectivity index is 1.46. The molecular weight excluding hydrogens is 344 g/mol. The van der Waals surface area contributed by atoms with Crippen molar-refractivity contribution in [3.05, 3.63) is 53.1 Å². The summed E-state index contributed by atoms with van der Waals surface area (Å²) in [5.41, 5.74) is 2.66. The number of aryl methyl sites for hydroxylation is 1. The second-order valence-electron chi connectivity index (χ2n) is 6.93. The van der Waals surface area contributed by atoms with Gasteiger partial charge in [0, 0.05) is 12.0 Å². The second kappa shape index (κ2) is 7.43. The van der Waals surface area contributed by atoms with Crippen LogP contribution in [-0.2, 0) is 17.6 Å². The molecule has 1 aliphatic heterocycles. The van der Waals surface area contributed by atoms with Gasteiger partial charge in [-0.2, -0.15) is 0 Å². The summed E-state index contributed by atoms with van der Waals surface area (Å²) in [5, 5.41) is 0. The Bertz CT molecular complexity index is 886. The van der Waals surface area contributed by atoms with E-state index in [2.05, 4.69) is 0 Å². The van der Waals surface area contributed by atoms with E-state index in [1.54, 1.807) is 12.1 Å². The van der Waals surface area contributed by atoms with Crippen molar-refractivity contribution in [3.8, 4) is 17.2 Å². The molecule has 27 heavy (non-hydrogen) atoms. The van der Waals surface area contributed by atoms with Crippen molar-refractivity contribution < 1.29 is 23.8 Å². The Morgan fingerprint density at radius 1 is 1.11 bits per heavy atom. The molecule has 140 valence electrons. The minimum absolute atomic E-state index is 0.163. The molecule has 0 fully saturated rings. The van der Waals surface area contributed by atoms with Crippen LogP contribution in [0.3, 0.4) is 0 Å². The van der Waals surface area contributed by atoms with Gasteiger partial charge < -0.3 is 14.2 Å². The Labute approximate surface area is 158 Å². The zero-order chi connectivity index (χ0) is 18.8. The van der Waals surface area contributed by atoms with Crippen LogP contribution in [-0.4, -0.2) is 25.0 Å². The Morgan fingerprint density at radius 2 is 1.93 bits per heavy atom. The van der Waals surface area contributed by atoms with Gasteiger partial charge >= 0.3 is 5.97 Å². The van der Waals surface area contributed by atoms with E-state index in [0.717, 1.165) is 41.0 Å². The van der Waals surface area contributed by atoms with Crippen molar-refractivity contribution in [3.63, 3.8) is 0 Å². The van der Waals surface area contributed by atoms with Crippen molar-refractivity contribution in [2.75, 3.05) is 13.2 Å². The zero-order valence-electron chi connectivity index (χ0n) is 15.3. The van der Waals surface area contributed by atoms with Crippen LogP contribution in [0.25, 0.3) is 0 Å². The van der Waals surface area contributed by atoms with Crippen LogP contribution in [0.4, 0.5) is 0 Å². The summed E-state index contributed by atoms with van der Waals surface area (Å²) in [5.74, 6) is 1.53. The third-order valence-corrected chi connectivity index (χ3v) is 5.03. The molecule has 2 aromatic carbocycles. The van der Waals surface area contributed by atoms with Crippen LogP contribution in [0.15, 0.2) is 36.4 Å². The molecule has 0 amide bonds. The number of ketones is 1. The molecule has 1 aliphatic carbocycles. The van der Waals surface area contributed by atoms with Crippen LogP contribution in [0.2, 0.25) is 0 Å². The molecule has 5 heteroatoms. The number of benzene rings is 2. The van der Waals surface area contributed by atoms with Gasteiger partial charge in [0.25, 0.3) is 0 Å². The number of fused-ring (bicyclic) bond motifs is 2. The molecule has 2 aromatic rings. The number of carbonyl (C=O) groups excluding carboxylic acids is 2. The van der Waals surface area contributed by atoms with Gasteiger partial charge in [0.1, 0.15) is 23.9 Å². The predicted molar refractivity (Wildman–Crippen MR) is 99.6 cm³/mol. The maximum atomic E-state index is 12.6. The SMILES string of the molecule is CCOc1ccc2c(c1)CC(C(=O)Oc1ccc3c(c1)CCCC3=O)CO2. The first kappa shape index (κ1) is 17.6. The van der Waals surface area contributed by atoms with Crippen LogP contribution in [0.5, 0.6) is 17.2 Å². The first-order valence-electron chi connectivity index (χ1n) is 9.40. The van der Waals surface area contributed by atoms with E-state index in [1.165, 1.54) is 0 Å². The summed E-state index contributed by atoms with van der Waals surface area (Å²) in [6.45, 7) is 2.82. The summed E-state index contributed by atoms with van der Waals surface area (Å²) in [6, 6.07) is 10.9. The van der Waals surface area contributed by atoms with Crippen molar-refractivity contribution in [2.45, 2.75) is 32.6 Å². The predicted octanol–water partition coefficient (Wildman–Crippen LogP) is 3.76. The maximum Gasteiger partial charge on any atom is 0.318 e. The van der Waals surface area contributed by atoms with E-state index >= 15 is 0 Å². The van der Waals surface area contributed by atoms with Crippen molar-refractivity contribution in [2.24, 2.45) is 5.92 Å². The lowest BCUT2D eigenvalue weighted by atomic mass is 9.90. The summed E-state index contributed by atoms with van der Waals surface area (Å²) in [4.78, 5) is 24.5. The molecule has 0 radical (unpaired) electrons. The quantitative estimate of drug-likeness (QED) is 0.609. The average molecular weight is 366 g/mol. The smallest absolute Gasteiger partial charge is 0.318 e. The molecule has 4 rings (SSSR count). The molecule has 0 N–H and O–H groups in total. The third kappa shape index (κ3) is 3.68. The highest BCUT2D eigenvalue weighted by Gasteiger charge is 2.28. The van der Waals surface area contributed by atoms with Crippen LogP contribution >= 0.6 is 0 Å². The van der Waals surface area contributed by atoms with Gasteiger partial charge in [-0.3, -0.25) is 9.59 Å². The fourth-order valence-electron chi connectivity index (χ4n) is 3.66. The van der Waals surface area contributed by atoms with Crippen molar-refractivity contribution in [1.82, 2.24) is 0 Å². The molecule has 1 atom stereocenters. The van der Waals surface area contributed by atoms with Crippen molar-refractivity contribution >= 4 is 11.8 Å². The number of rotatable bonds is 4. The normalized spacial score (nSPS) is 18.1. The van der Waals surface area contributed by atoms with Gasteiger partial charge in [-0.1, -0.05) is 0 Å². The lowest BCUT2D eigenvalue weighted by molar-refractivity contribution is -0.140. The Hall–Kier alpha value is -2.82. The molecule has 0 bridgehead atoms. The van der Waals surface area contributed by atoms with Crippen molar-refractivity contribution in [1.29, 1.82) is 0 Å². The summed E-state index contributed by atoms with van der Waals surface area (Å²) in [6.07, 6.45) is 2.83. The van der Waals surface area contributed by atoms with E-state index in [9.17, 15) is 9.59 Å². The molecule has 5 nitrogen and oxygen atoms in total. The summed E-state index contributed by atoms with van der Waals surface area (Å²) >= 11 is 0. The largest absolute Gasteiger partial charge is 0.494 e. The topological polar surface area (TPSA) is 61.8 Å². The summed E-state index contributed by atoms with van der Waals surface area (Å²) < 4.78 is 16.8. The van der Waals surface area contributed by atoms with Gasteiger partial charge in [-0.25, -0.2) is 0 Å². The number of hydrogen-bond donors (Lipinski definition) is 0.